The van der Waals surface area contributed by atoms with Crippen LogP contribution in [0.5, 0.6) is 0 Å². The standard InChI is InChI=1S/C7H11NO/c1-3-5-6(4-2)7(8)9/h1,6H,4-5H2,2H3,(H2,8,9). The van der Waals surface area contributed by atoms with E-state index >= 15 is 0 Å². The zero-order valence-electron chi connectivity index (χ0n) is 5.55. The van der Waals surface area contributed by atoms with Crippen molar-refractivity contribution in [2.24, 2.45) is 11.7 Å². The van der Waals surface area contributed by atoms with Gasteiger partial charge in [0.2, 0.25) is 5.91 Å². The Morgan fingerprint density at radius 2 is 2.44 bits per heavy atom. The second-order valence-corrected chi connectivity index (χ2v) is 1.92. The van der Waals surface area contributed by atoms with Crippen molar-refractivity contribution in [3.8, 4) is 12.3 Å². The minimum atomic E-state index is -0.296. The zero-order valence-corrected chi connectivity index (χ0v) is 5.55. The van der Waals surface area contributed by atoms with E-state index in [2.05, 4.69) is 5.92 Å². The summed E-state index contributed by atoms with van der Waals surface area (Å²) in [5.74, 6) is 1.97. The summed E-state index contributed by atoms with van der Waals surface area (Å²) >= 11 is 0. The van der Waals surface area contributed by atoms with Crippen molar-refractivity contribution in [1.82, 2.24) is 0 Å². The molecule has 0 heterocycles. The first kappa shape index (κ1) is 8.03. The van der Waals surface area contributed by atoms with Crippen LogP contribution >= 0.6 is 0 Å². The van der Waals surface area contributed by atoms with E-state index < -0.39 is 0 Å². The Kier molecular flexibility index (Phi) is 3.54. The highest BCUT2D eigenvalue weighted by molar-refractivity contribution is 5.76. The Bertz CT molecular complexity index is 134. The van der Waals surface area contributed by atoms with Crippen LogP contribution < -0.4 is 5.73 Å². The van der Waals surface area contributed by atoms with Gasteiger partial charge in [0.15, 0.2) is 0 Å². The van der Waals surface area contributed by atoms with Crippen LogP contribution in [0.4, 0.5) is 0 Å². The fourth-order valence-electron chi connectivity index (χ4n) is 0.588. The van der Waals surface area contributed by atoms with Gasteiger partial charge in [-0.3, -0.25) is 4.79 Å². The van der Waals surface area contributed by atoms with Crippen LogP contribution in [-0.2, 0) is 4.79 Å². The molecule has 1 atom stereocenters. The molecule has 0 bridgehead atoms. The third-order valence-corrected chi connectivity index (χ3v) is 1.26. The predicted octanol–water partition coefficient (Wildman–Crippen LogP) is 0.521. The van der Waals surface area contributed by atoms with Gasteiger partial charge in [-0.15, -0.1) is 12.3 Å². The van der Waals surface area contributed by atoms with E-state index in [1.807, 2.05) is 6.92 Å². The fraction of sp³-hybridized carbons (Fsp3) is 0.571. The highest BCUT2D eigenvalue weighted by Gasteiger charge is 2.09. The SMILES string of the molecule is C#CCC(CC)C(N)=O. The topological polar surface area (TPSA) is 43.1 Å². The molecule has 0 rings (SSSR count). The quantitative estimate of drug-likeness (QED) is 0.549. The molecular weight excluding hydrogens is 114 g/mol. The fourth-order valence-corrected chi connectivity index (χ4v) is 0.588. The van der Waals surface area contributed by atoms with E-state index in [9.17, 15) is 4.79 Å². The van der Waals surface area contributed by atoms with Crippen molar-refractivity contribution in [3.63, 3.8) is 0 Å². The minimum Gasteiger partial charge on any atom is -0.369 e. The number of terminal acetylenes is 1. The predicted molar refractivity (Wildman–Crippen MR) is 36.4 cm³/mol. The van der Waals surface area contributed by atoms with Gasteiger partial charge in [0.05, 0.1) is 0 Å². The van der Waals surface area contributed by atoms with Crippen LogP contribution in [0.15, 0.2) is 0 Å². The number of rotatable bonds is 3. The van der Waals surface area contributed by atoms with Crippen LogP contribution in [0.3, 0.4) is 0 Å². The molecule has 2 nitrogen and oxygen atoms in total. The summed E-state index contributed by atoms with van der Waals surface area (Å²) in [5, 5.41) is 0. The van der Waals surface area contributed by atoms with Gasteiger partial charge in [-0.05, 0) is 6.42 Å². The minimum absolute atomic E-state index is 0.130. The normalized spacial score (nSPS) is 12.0. The van der Waals surface area contributed by atoms with E-state index in [0.29, 0.717) is 6.42 Å². The molecule has 9 heavy (non-hydrogen) atoms. The summed E-state index contributed by atoms with van der Waals surface area (Å²) in [7, 11) is 0. The summed E-state index contributed by atoms with van der Waals surface area (Å²) in [6, 6.07) is 0. The Labute approximate surface area is 55.4 Å². The Hall–Kier alpha value is -0.970. The van der Waals surface area contributed by atoms with E-state index in [-0.39, 0.29) is 11.8 Å². The lowest BCUT2D eigenvalue weighted by atomic mass is 10.0. The van der Waals surface area contributed by atoms with Gasteiger partial charge in [0, 0.05) is 12.3 Å². The van der Waals surface area contributed by atoms with Gasteiger partial charge in [-0.2, -0.15) is 0 Å². The van der Waals surface area contributed by atoms with Gasteiger partial charge in [0.25, 0.3) is 0 Å². The zero-order chi connectivity index (χ0) is 7.28. The molecule has 0 aliphatic heterocycles. The molecule has 2 heteroatoms. The number of carbonyl (C=O) groups is 1. The molecule has 1 unspecified atom stereocenters. The smallest absolute Gasteiger partial charge is 0.221 e. The van der Waals surface area contributed by atoms with Gasteiger partial charge in [-0.1, -0.05) is 6.92 Å². The number of carbonyl (C=O) groups excluding carboxylic acids is 1. The lowest BCUT2D eigenvalue weighted by Gasteiger charge is -2.03. The molecule has 0 aromatic heterocycles. The van der Waals surface area contributed by atoms with E-state index in [4.69, 9.17) is 12.2 Å². The Morgan fingerprint density at radius 1 is 1.89 bits per heavy atom. The molecule has 50 valence electrons. The summed E-state index contributed by atoms with van der Waals surface area (Å²) in [4.78, 5) is 10.4. The van der Waals surface area contributed by atoms with Gasteiger partial charge in [-0.25, -0.2) is 0 Å². The van der Waals surface area contributed by atoms with Crippen molar-refractivity contribution < 1.29 is 4.79 Å². The monoisotopic (exact) mass is 125 g/mol. The summed E-state index contributed by atoms with van der Waals surface area (Å²) in [6.07, 6.45) is 6.18. The highest BCUT2D eigenvalue weighted by atomic mass is 16.1. The van der Waals surface area contributed by atoms with Crippen LogP contribution in [0.1, 0.15) is 19.8 Å². The van der Waals surface area contributed by atoms with Crippen molar-refractivity contribution in [2.75, 3.05) is 0 Å². The van der Waals surface area contributed by atoms with Gasteiger partial charge in [0.1, 0.15) is 0 Å². The maximum atomic E-state index is 10.4. The van der Waals surface area contributed by atoms with Crippen molar-refractivity contribution in [2.45, 2.75) is 19.8 Å². The van der Waals surface area contributed by atoms with Crippen LogP contribution in [0.25, 0.3) is 0 Å². The Balaban J connectivity index is 3.71. The summed E-state index contributed by atoms with van der Waals surface area (Å²) < 4.78 is 0. The molecule has 1 amide bonds. The average Bonchev–Trinajstić information content (AvgIpc) is 1.82. The Morgan fingerprint density at radius 3 is 2.56 bits per heavy atom. The van der Waals surface area contributed by atoms with Gasteiger partial charge >= 0.3 is 0 Å². The number of hydrogen-bond acceptors (Lipinski definition) is 1. The van der Waals surface area contributed by atoms with E-state index in [1.54, 1.807) is 0 Å². The summed E-state index contributed by atoms with van der Waals surface area (Å²) in [6.45, 7) is 1.90. The molecule has 0 spiro atoms. The first-order valence-corrected chi connectivity index (χ1v) is 2.95. The third-order valence-electron chi connectivity index (χ3n) is 1.26. The van der Waals surface area contributed by atoms with Crippen molar-refractivity contribution in [1.29, 1.82) is 0 Å². The van der Waals surface area contributed by atoms with E-state index in [1.165, 1.54) is 0 Å². The maximum absolute atomic E-state index is 10.4. The summed E-state index contributed by atoms with van der Waals surface area (Å²) in [5.41, 5.74) is 5.00. The largest absolute Gasteiger partial charge is 0.369 e. The van der Waals surface area contributed by atoms with Crippen LogP contribution in [0.2, 0.25) is 0 Å². The number of nitrogens with two attached hydrogens (primary N) is 1. The molecule has 0 saturated carbocycles. The maximum Gasteiger partial charge on any atom is 0.221 e. The number of primary amides is 1. The number of hydrogen-bond donors (Lipinski definition) is 1. The first-order valence-electron chi connectivity index (χ1n) is 2.95. The molecule has 0 aromatic rings. The lowest BCUT2D eigenvalue weighted by Crippen LogP contribution is -2.21. The lowest BCUT2D eigenvalue weighted by molar-refractivity contribution is -0.121. The second-order valence-electron chi connectivity index (χ2n) is 1.92. The third kappa shape index (κ3) is 2.76. The molecule has 0 aromatic carbocycles. The first-order chi connectivity index (χ1) is 4.22. The average molecular weight is 125 g/mol. The molecule has 0 fully saturated rings. The second kappa shape index (κ2) is 3.96. The van der Waals surface area contributed by atoms with Crippen molar-refractivity contribution >= 4 is 5.91 Å². The highest BCUT2D eigenvalue weighted by Crippen LogP contribution is 2.04. The molecule has 0 radical (unpaired) electrons. The van der Waals surface area contributed by atoms with Crippen LogP contribution in [0, 0.1) is 18.3 Å². The van der Waals surface area contributed by atoms with Gasteiger partial charge < -0.3 is 5.73 Å². The molecular formula is C7H11NO. The number of amides is 1. The van der Waals surface area contributed by atoms with E-state index in [0.717, 1.165) is 6.42 Å². The van der Waals surface area contributed by atoms with Crippen LogP contribution in [-0.4, -0.2) is 5.91 Å². The molecule has 0 saturated heterocycles. The molecule has 2 N–H and O–H groups in total. The molecule has 0 aliphatic rings. The molecule has 0 aliphatic carbocycles. The van der Waals surface area contributed by atoms with Crippen molar-refractivity contribution in [3.05, 3.63) is 0 Å².